The van der Waals surface area contributed by atoms with E-state index in [0.29, 0.717) is 21.9 Å². The summed E-state index contributed by atoms with van der Waals surface area (Å²) in [5.74, 6) is -0.837. The molecule has 0 aliphatic rings. The summed E-state index contributed by atoms with van der Waals surface area (Å²) in [5.41, 5.74) is 1.08. The molecule has 0 bridgehead atoms. The predicted molar refractivity (Wildman–Crippen MR) is 151 cm³/mol. The van der Waals surface area contributed by atoms with Crippen molar-refractivity contribution in [2.24, 2.45) is 0 Å². The predicted octanol–water partition coefficient (Wildman–Crippen LogP) is 6.98. The van der Waals surface area contributed by atoms with Gasteiger partial charge >= 0.3 is 0 Å². The molecule has 0 aliphatic heterocycles. The molecule has 0 aliphatic carbocycles. The van der Waals surface area contributed by atoms with Gasteiger partial charge in [0.25, 0.3) is 0 Å². The van der Waals surface area contributed by atoms with Gasteiger partial charge in [-0.3, -0.25) is 0 Å². The van der Waals surface area contributed by atoms with Crippen molar-refractivity contribution in [1.29, 1.82) is 0 Å². The number of hydrogen-bond donors (Lipinski definition) is 4. The van der Waals surface area contributed by atoms with Crippen LogP contribution in [0.2, 0.25) is 0 Å². The molecular formula is C32H22O6S. The van der Waals surface area contributed by atoms with Gasteiger partial charge in [-0.25, -0.2) is 8.42 Å². The fourth-order valence-electron chi connectivity index (χ4n) is 5.09. The van der Waals surface area contributed by atoms with Gasteiger partial charge < -0.3 is 20.4 Å². The van der Waals surface area contributed by atoms with Crippen molar-refractivity contribution in [3.63, 3.8) is 0 Å². The minimum absolute atomic E-state index is 0.0445. The van der Waals surface area contributed by atoms with Gasteiger partial charge in [-0.1, -0.05) is 60.7 Å². The second kappa shape index (κ2) is 9.08. The number of phenols is 4. The minimum Gasteiger partial charge on any atom is -0.508 e. The Morgan fingerprint density at radius 2 is 0.872 bits per heavy atom. The molecule has 0 atom stereocenters. The third kappa shape index (κ3) is 4.00. The van der Waals surface area contributed by atoms with Crippen molar-refractivity contribution < 1.29 is 28.8 Å². The number of fused-ring (bicyclic) bond motifs is 2. The van der Waals surface area contributed by atoms with Crippen molar-refractivity contribution in [1.82, 2.24) is 0 Å². The van der Waals surface area contributed by atoms with Crippen molar-refractivity contribution in [3.05, 3.63) is 109 Å². The molecule has 6 nitrogen and oxygen atoms in total. The lowest BCUT2D eigenvalue weighted by Gasteiger charge is -2.19. The summed E-state index contributed by atoms with van der Waals surface area (Å²) in [5, 5.41) is 44.1. The topological polar surface area (TPSA) is 115 Å². The van der Waals surface area contributed by atoms with Gasteiger partial charge in [-0.15, -0.1) is 0 Å². The number of sulfone groups is 1. The van der Waals surface area contributed by atoms with E-state index in [1.165, 1.54) is 48.5 Å². The Hall–Kier alpha value is -5.01. The molecule has 6 aromatic rings. The Morgan fingerprint density at radius 3 is 1.28 bits per heavy atom. The zero-order chi connectivity index (χ0) is 27.3. The number of hydrogen-bond acceptors (Lipinski definition) is 6. The van der Waals surface area contributed by atoms with Crippen LogP contribution >= 0.6 is 0 Å². The van der Waals surface area contributed by atoms with Gasteiger partial charge in [0.2, 0.25) is 9.84 Å². The molecule has 7 heteroatoms. The van der Waals surface area contributed by atoms with Crippen LogP contribution < -0.4 is 0 Å². The van der Waals surface area contributed by atoms with E-state index in [1.54, 1.807) is 36.4 Å². The van der Waals surface area contributed by atoms with E-state index in [2.05, 4.69) is 0 Å². The Bertz CT molecular complexity index is 1890. The van der Waals surface area contributed by atoms with Crippen LogP contribution in [0.3, 0.4) is 0 Å². The van der Waals surface area contributed by atoms with Gasteiger partial charge in [0.15, 0.2) is 0 Å². The lowest BCUT2D eigenvalue weighted by Crippen LogP contribution is -2.07. The summed E-state index contributed by atoms with van der Waals surface area (Å²) in [6.07, 6.45) is 0. The fourth-order valence-corrected chi connectivity index (χ4v) is 6.80. The van der Waals surface area contributed by atoms with E-state index in [-0.39, 0.29) is 43.9 Å². The van der Waals surface area contributed by atoms with Crippen LogP contribution in [-0.2, 0) is 9.84 Å². The van der Waals surface area contributed by atoms with Crippen molar-refractivity contribution in [2.45, 2.75) is 9.79 Å². The first kappa shape index (κ1) is 24.3. The highest BCUT2D eigenvalue weighted by atomic mass is 32.2. The van der Waals surface area contributed by atoms with E-state index < -0.39 is 9.84 Å². The minimum atomic E-state index is -4.28. The summed E-state index contributed by atoms with van der Waals surface area (Å²) in [7, 11) is -4.28. The fraction of sp³-hybridized carbons (Fsp3) is 0. The maximum atomic E-state index is 14.6. The highest BCUT2D eigenvalue weighted by Crippen LogP contribution is 2.46. The molecule has 0 unspecified atom stereocenters. The van der Waals surface area contributed by atoms with Crippen molar-refractivity contribution in [2.75, 3.05) is 0 Å². The van der Waals surface area contributed by atoms with E-state index in [9.17, 15) is 28.8 Å². The Morgan fingerprint density at radius 1 is 0.462 bits per heavy atom. The van der Waals surface area contributed by atoms with Gasteiger partial charge in [0.1, 0.15) is 23.0 Å². The molecule has 0 fully saturated rings. The quantitative estimate of drug-likeness (QED) is 0.194. The summed E-state index contributed by atoms with van der Waals surface area (Å²) < 4.78 is 29.2. The van der Waals surface area contributed by atoms with Crippen LogP contribution in [0.15, 0.2) is 119 Å². The highest BCUT2D eigenvalue weighted by molar-refractivity contribution is 7.91. The molecule has 4 N–H and O–H groups in total. The molecule has 0 saturated carbocycles. The smallest absolute Gasteiger partial charge is 0.207 e. The van der Waals surface area contributed by atoms with Gasteiger partial charge in [-0.05, 0) is 57.9 Å². The molecule has 192 valence electrons. The first-order valence-corrected chi connectivity index (χ1v) is 13.6. The maximum absolute atomic E-state index is 14.6. The lowest BCUT2D eigenvalue weighted by molar-refractivity contribution is 0.451. The molecule has 6 rings (SSSR count). The summed E-state index contributed by atoms with van der Waals surface area (Å²) in [6, 6.07) is 29.0. The molecule has 39 heavy (non-hydrogen) atoms. The molecular weight excluding hydrogens is 512 g/mol. The first-order chi connectivity index (χ1) is 18.8. The molecule has 0 aromatic heterocycles. The maximum Gasteiger partial charge on any atom is 0.207 e. The molecule has 6 aromatic carbocycles. The third-order valence-corrected chi connectivity index (χ3v) is 8.70. The van der Waals surface area contributed by atoms with Crippen LogP contribution in [0.25, 0.3) is 43.8 Å². The Labute approximate surface area is 224 Å². The summed E-state index contributed by atoms with van der Waals surface area (Å²) in [4.78, 5) is -0.0889. The third-order valence-electron chi connectivity index (χ3n) is 6.86. The zero-order valence-corrected chi connectivity index (χ0v) is 21.2. The SMILES string of the molecule is O=S(=O)(c1ccc2ccccc2c1-c1ccc(O)cc1O)c1ccc2ccccc2c1-c1ccc(O)cc1O. The van der Waals surface area contributed by atoms with E-state index in [0.717, 1.165) is 10.8 Å². The van der Waals surface area contributed by atoms with Crippen LogP contribution in [0.4, 0.5) is 0 Å². The van der Waals surface area contributed by atoms with Crippen LogP contribution in [0.1, 0.15) is 0 Å². The monoisotopic (exact) mass is 534 g/mol. The lowest BCUT2D eigenvalue weighted by atomic mass is 9.97. The Kier molecular flexibility index (Phi) is 5.66. The van der Waals surface area contributed by atoms with Crippen LogP contribution in [0.5, 0.6) is 23.0 Å². The van der Waals surface area contributed by atoms with Gasteiger partial charge in [0, 0.05) is 34.4 Å². The van der Waals surface area contributed by atoms with E-state index >= 15 is 0 Å². The summed E-state index contributed by atoms with van der Waals surface area (Å²) >= 11 is 0. The average molecular weight is 535 g/mol. The van der Waals surface area contributed by atoms with Gasteiger partial charge in [-0.2, -0.15) is 0 Å². The first-order valence-electron chi connectivity index (χ1n) is 12.1. The van der Waals surface area contributed by atoms with Crippen LogP contribution in [0, 0.1) is 0 Å². The Balaban J connectivity index is 1.73. The number of phenolic OH excluding ortho intramolecular Hbond substituents is 4. The molecule has 0 spiro atoms. The molecule has 0 radical (unpaired) electrons. The molecule has 0 heterocycles. The second-order valence-electron chi connectivity index (χ2n) is 9.23. The average Bonchev–Trinajstić information content (AvgIpc) is 2.92. The van der Waals surface area contributed by atoms with E-state index in [1.807, 2.05) is 24.3 Å². The molecule has 0 amide bonds. The van der Waals surface area contributed by atoms with Gasteiger partial charge in [0.05, 0.1) is 9.79 Å². The standard InChI is InChI=1S/C32H22O6S/c33-21-11-13-25(27(35)17-21)31-23-7-3-1-5-19(23)9-15-29(31)39(37,38)30-16-10-20-6-2-4-8-24(20)32(30)26-14-12-22(34)18-28(26)36/h1-18,33-36H. The van der Waals surface area contributed by atoms with Crippen molar-refractivity contribution >= 4 is 31.4 Å². The van der Waals surface area contributed by atoms with Crippen molar-refractivity contribution in [3.8, 4) is 45.3 Å². The molecule has 0 saturated heterocycles. The second-order valence-corrected chi connectivity index (χ2v) is 11.1. The number of benzene rings is 6. The summed E-state index contributed by atoms with van der Waals surface area (Å²) in [6.45, 7) is 0. The largest absolute Gasteiger partial charge is 0.508 e. The number of rotatable bonds is 4. The highest BCUT2D eigenvalue weighted by Gasteiger charge is 2.29. The van der Waals surface area contributed by atoms with Crippen LogP contribution in [-0.4, -0.2) is 28.8 Å². The zero-order valence-electron chi connectivity index (χ0n) is 20.4. The number of aromatic hydroxyl groups is 4. The normalized spacial score (nSPS) is 11.7. The van der Waals surface area contributed by atoms with E-state index in [4.69, 9.17) is 0 Å².